The first kappa shape index (κ1) is 13.4. The molecule has 5 nitrogen and oxygen atoms in total. The molecule has 94 valence electrons. The molecule has 0 saturated carbocycles. The molecular weight excluding hydrogens is 218 g/mol. The van der Waals surface area contributed by atoms with Crippen LogP contribution in [0.3, 0.4) is 0 Å². The van der Waals surface area contributed by atoms with E-state index in [0.29, 0.717) is 24.4 Å². The number of hydrogen-bond acceptors (Lipinski definition) is 4. The van der Waals surface area contributed by atoms with Gasteiger partial charge >= 0.3 is 0 Å². The zero-order chi connectivity index (χ0) is 12.9. The summed E-state index contributed by atoms with van der Waals surface area (Å²) in [5, 5.41) is 2.75. The predicted molar refractivity (Wildman–Crippen MR) is 66.9 cm³/mol. The molecule has 1 aromatic heterocycles. The number of amides is 1. The van der Waals surface area contributed by atoms with Gasteiger partial charge in [0.15, 0.2) is 0 Å². The van der Waals surface area contributed by atoms with Gasteiger partial charge in [-0.1, -0.05) is 13.8 Å². The Kier molecular flexibility index (Phi) is 4.45. The van der Waals surface area contributed by atoms with Crippen LogP contribution in [0, 0.1) is 0 Å². The molecule has 17 heavy (non-hydrogen) atoms. The summed E-state index contributed by atoms with van der Waals surface area (Å²) in [5.41, 5.74) is 5.79. The number of ether oxygens (including phenoxy) is 1. The van der Waals surface area contributed by atoms with Crippen LogP contribution in [-0.2, 0) is 4.79 Å². The molecule has 0 aromatic carbocycles. The topological polar surface area (TPSA) is 77.2 Å². The minimum atomic E-state index is -0.820. The van der Waals surface area contributed by atoms with Crippen molar-refractivity contribution in [1.29, 1.82) is 0 Å². The molecule has 0 aliphatic rings. The maximum atomic E-state index is 12.0. The number of carbonyl (C=O) groups excluding carboxylic acids is 1. The van der Waals surface area contributed by atoms with Crippen molar-refractivity contribution >= 4 is 11.6 Å². The van der Waals surface area contributed by atoms with Crippen molar-refractivity contribution in [2.24, 2.45) is 5.73 Å². The fraction of sp³-hybridized carbons (Fsp3) is 0.500. The fourth-order valence-corrected chi connectivity index (χ4v) is 1.40. The van der Waals surface area contributed by atoms with Gasteiger partial charge in [-0.25, -0.2) is 4.98 Å². The van der Waals surface area contributed by atoms with E-state index in [1.165, 1.54) is 0 Å². The van der Waals surface area contributed by atoms with E-state index in [1.807, 2.05) is 13.8 Å². The first-order valence-electron chi connectivity index (χ1n) is 5.66. The molecule has 5 heteroatoms. The Balaban J connectivity index is 2.73. The normalized spacial score (nSPS) is 11.1. The molecule has 1 aromatic rings. The number of carbonyl (C=O) groups is 1. The van der Waals surface area contributed by atoms with Crippen molar-refractivity contribution < 1.29 is 9.53 Å². The molecule has 0 radical (unpaired) electrons. The highest BCUT2D eigenvalue weighted by Crippen LogP contribution is 2.16. The Labute approximate surface area is 101 Å². The smallest absolute Gasteiger partial charge is 0.244 e. The van der Waals surface area contributed by atoms with Crippen molar-refractivity contribution in [3.05, 3.63) is 18.3 Å². The second-order valence-electron chi connectivity index (χ2n) is 3.91. The van der Waals surface area contributed by atoms with E-state index in [-0.39, 0.29) is 5.91 Å². The van der Waals surface area contributed by atoms with Gasteiger partial charge in [0.05, 0.1) is 24.5 Å². The standard InChI is InChI=1S/C12H19N3O2/c1-4-12(13,5-2)11(16)15-9-6-7-10(17-3)14-8-9/h6-8H,4-5,13H2,1-3H3,(H,15,16). The average molecular weight is 237 g/mol. The van der Waals surface area contributed by atoms with Crippen LogP contribution in [0.5, 0.6) is 5.88 Å². The van der Waals surface area contributed by atoms with Crippen molar-refractivity contribution in [1.82, 2.24) is 4.98 Å². The lowest BCUT2D eigenvalue weighted by molar-refractivity contribution is -0.121. The summed E-state index contributed by atoms with van der Waals surface area (Å²) in [5.74, 6) is 0.322. The molecule has 0 saturated heterocycles. The molecule has 1 heterocycles. The summed E-state index contributed by atoms with van der Waals surface area (Å²) in [4.78, 5) is 16.0. The summed E-state index contributed by atoms with van der Waals surface area (Å²) in [6.45, 7) is 3.80. The van der Waals surface area contributed by atoms with Crippen LogP contribution in [-0.4, -0.2) is 23.5 Å². The second kappa shape index (κ2) is 5.63. The fourth-order valence-electron chi connectivity index (χ4n) is 1.40. The molecule has 1 rings (SSSR count). The van der Waals surface area contributed by atoms with Crippen LogP contribution in [0.25, 0.3) is 0 Å². The van der Waals surface area contributed by atoms with Gasteiger partial charge in [0.2, 0.25) is 11.8 Å². The lowest BCUT2D eigenvalue weighted by Crippen LogP contribution is -2.50. The van der Waals surface area contributed by atoms with Crippen molar-refractivity contribution in [2.75, 3.05) is 12.4 Å². The molecule has 1 amide bonds. The average Bonchev–Trinajstić information content (AvgIpc) is 2.38. The zero-order valence-electron chi connectivity index (χ0n) is 10.5. The maximum Gasteiger partial charge on any atom is 0.244 e. The maximum absolute atomic E-state index is 12.0. The van der Waals surface area contributed by atoms with E-state index in [4.69, 9.17) is 10.5 Å². The number of hydrogen-bond donors (Lipinski definition) is 2. The van der Waals surface area contributed by atoms with Gasteiger partial charge < -0.3 is 15.8 Å². The van der Waals surface area contributed by atoms with Crippen molar-refractivity contribution in [3.8, 4) is 5.88 Å². The number of methoxy groups -OCH3 is 1. The number of nitrogens with zero attached hydrogens (tertiary/aromatic N) is 1. The van der Waals surface area contributed by atoms with Gasteiger partial charge in [0.25, 0.3) is 0 Å². The predicted octanol–water partition coefficient (Wildman–Crippen LogP) is 1.55. The number of pyridine rings is 1. The molecule has 0 aliphatic carbocycles. The highest BCUT2D eigenvalue weighted by Gasteiger charge is 2.29. The summed E-state index contributed by atoms with van der Waals surface area (Å²) >= 11 is 0. The minimum absolute atomic E-state index is 0.186. The third kappa shape index (κ3) is 3.17. The molecular formula is C12H19N3O2. The van der Waals surface area contributed by atoms with Crippen LogP contribution in [0.1, 0.15) is 26.7 Å². The summed E-state index contributed by atoms with van der Waals surface area (Å²) in [7, 11) is 1.54. The minimum Gasteiger partial charge on any atom is -0.481 e. The van der Waals surface area contributed by atoms with E-state index in [0.717, 1.165) is 0 Å². The third-order valence-corrected chi connectivity index (χ3v) is 2.92. The van der Waals surface area contributed by atoms with Crippen LogP contribution in [0.2, 0.25) is 0 Å². The molecule has 0 spiro atoms. The Morgan fingerprint density at radius 3 is 2.53 bits per heavy atom. The van der Waals surface area contributed by atoms with Gasteiger partial charge in [-0.2, -0.15) is 0 Å². The number of rotatable bonds is 5. The molecule has 0 unspecified atom stereocenters. The number of nitrogens with two attached hydrogens (primary N) is 1. The Morgan fingerprint density at radius 2 is 2.12 bits per heavy atom. The van der Waals surface area contributed by atoms with Gasteiger partial charge in [0, 0.05) is 6.07 Å². The first-order chi connectivity index (χ1) is 8.05. The lowest BCUT2D eigenvalue weighted by Gasteiger charge is -2.25. The van der Waals surface area contributed by atoms with E-state index < -0.39 is 5.54 Å². The van der Waals surface area contributed by atoms with Crippen LogP contribution in [0.4, 0.5) is 5.69 Å². The van der Waals surface area contributed by atoms with Crippen molar-refractivity contribution in [2.45, 2.75) is 32.2 Å². The molecule has 0 fully saturated rings. The van der Waals surface area contributed by atoms with E-state index in [2.05, 4.69) is 10.3 Å². The van der Waals surface area contributed by atoms with E-state index in [9.17, 15) is 4.79 Å². The van der Waals surface area contributed by atoms with Gasteiger partial charge in [-0.05, 0) is 18.9 Å². The van der Waals surface area contributed by atoms with Gasteiger partial charge in [-0.15, -0.1) is 0 Å². The molecule has 0 bridgehead atoms. The highest BCUT2D eigenvalue weighted by molar-refractivity contribution is 5.97. The van der Waals surface area contributed by atoms with Gasteiger partial charge in [-0.3, -0.25) is 4.79 Å². The van der Waals surface area contributed by atoms with E-state index >= 15 is 0 Å². The second-order valence-corrected chi connectivity index (χ2v) is 3.91. The summed E-state index contributed by atoms with van der Waals surface area (Å²) in [6.07, 6.45) is 2.74. The largest absolute Gasteiger partial charge is 0.481 e. The molecule has 0 aliphatic heterocycles. The summed E-state index contributed by atoms with van der Waals surface area (Å²) in [6, 6.07) is 3.42. The van der Waals surface area contributed by atoms with Crippen LogP contribution < -0.4 is 15.8 Å². The molecule has 3 N–H and O–H groups in total. The van der Waals surface area contributed by atoms with Gasteiger partial charge in [0.1, 0.15) is 0 Å². The molecule has 0 atom stereocenters. The van der Waals surface area contributed by atoms with Crippen LogP contribution in [0.15, 0.2) is 18.3 Å². The Hall–Kier alpha value is -1.62. The summed E-state index contributed by atoms with van der Waals surface area (Å²) < 4.78 is 4.94. The SMILES string of the molecule is CCC(N)(CC)C(=O)Nc1ccc(OC)nc1. The van der Waals surface area contributed by atoms with E-state index in [1.54, 1.807) is 25.4 Å². The number of nitrogens with one attached hydrogen (secondary N) is 1. The number of aromatic nitrogens is 1. The Bertz CT molecular complexity index is 372. The quantitative estimate of drug-likeness (QED) is 0.814. The van der Waals surface area contributed by atoms with Crippen LogP contribution >= 0.6 is 0 Å². The monoisotopic (exact) mass is 237 g/mol. The highest BCUT2D eigenvalue weighted by atomic mass is 16.5. The Morgan fingerprint density at radius 1 is 1.47 bits per heavy atom. The first-order valence-corrected chi connectivity index (χ1v) is 5.66. The zero-order valence-corrected chi connectivity index (χ0v) is 10.5. The van der Waals surface area contributed by atoms with Crippen molar-refractivity contribution in [3.63, 3.8) is 0 Å². The lowest BCUT2D eigenvalue weighted by atomic mass is 9.93. The number of anilines is 1. The third-order valence-electron chi connectivity index (χ3n) is 2.92.